The molecule has 7 heteroatoms. The standard InChI is InChI=1S/C22H26ClN5O/c1-2-11-27-21-18(25-19(26-21)15-5-3-4-6-15)20-24-17(13-28(20)22(27)29)12-14-7-9-16(23)10-8-14/h7-10,15,17,24H,2-6,11-13H2,1H3. The highest BCUT2D eigenvalue weighted by Gasteiger charge is 2.33. The Balaban J connectivity index is 1.52. The fourth-order valence-electron chi connectivity index (χ4n) is 4.75. The molecule has 0 bridgehead atoms. The van der Waals surface area contributed by atoms with E-state index < -0.39 is 0 Å². The molecule has 0 amide bonds. The van der Waals surface area contributed by atoms with Crippen LogP contribution in [0.2, 0.25) is 5.02 Å². The van der Waals surface area contributed by atoms with E-state index in [1.807, 2.05) is 33.4 Å². The summed E-state index contributed by atoms with van der Waals surface area (Å²) in [5.74, 6) is 2.91. The molecule has 0 saturated heterocycles. The number of aromatic nitrogens is 4. The van der Waals surface area contributed by atoms with E-state index in [1.165, 1.54) is 18.4 Å². The van der Waals surface area contributed by atoms with Crippen LogP contribution in [0.3, 0.4) is 0 Å². The summed E-state index contributed by atoms with van der Waals surface area (Å²) in [6.07, 6.45) is 6.50. The van der Waals surface area contributed by atoms with Gasteiger partial charge in [-0.25, -0.2) is 14.8 Å². The molecule has 0 aromatic heterocycles. The third-order valence-electron chi connectivity index (χ3n) is 6.18. The number of benzene rings is 1. The van der Waals surface area contributed by atoms with Gasteiger partial charge in [0.05, 0.1) is 0 Å². The molecule has 1 N–H and O–H groups in total. The van der Waals surface area contributed by atoms with Gasteiger partial charge in [-0.2, -0.15) is 0 Å². The molecule has 4 aliphatic rings. The normalized spacial score (nSPS) is 19.0. The molecule has 1 atom stereocenters. The molecule has 1 fully saturated rings. The molecule has 3 heterocycles. The Kier molecular flexibility index (Phi) is 4.82. The third kappa shape index (κ3) is 3.33. The SMILES string of the molecule is CCCn1c2nc(C3CCCC3)nc-2c2n(c1=O)CC(Cc1ccc(Cl)cc1)N2. The second-order valence-electron chi connectivity index (χ2n) is 8.30. The lowest BCUT2D eigenvalue weighted by Gasteiger charge is -2.13. The first-order valence-electron chi connectivity index (χ1n) is 10.7. The van der Waals surface area contributed by atoms with Gasteiger partial charge in [-0.3, -0.25) is 9.13 Å². The number of fused-ring (bicyclic) bond motifs is 3. The summed E-state index contributed by atoms with van der Waals surface area (Å²) in [4.78, 5) is 23.0. The molecule has 0 spiro atoms. The number of halogens is 1. The van der Waals surface area contributed by atoms with Gasteiger partial charge < -0.3 is 5.32 Å². The first-order valence-corrected chi connectivity index (χ1v) is 11.0. The zero-order chi connectivity index (χ0) is 20.0. The molecule has 6 nitrogen and oxygen atoms in total. The summed E-state index contributed by atoms with van der Waals surface area (Å²) in [7, 11) is 0. The van der Waals surface area contributed by atoms with Gasteiger partial charge in [0.2, 0.25) is 0 Å². The first-order chi connectivity index (χ1) is 14.1. The summed E-state index contributed by atoms with van der Waals surface area (Å²) in [6, 6.07) is 8.06. The first kappa shape index (κ1) is 18.7. The van der Waals surface area contributed by atoms with Crippen molar-refractivity contribution in [2.75, 3.05) is 5.32 Å². The van der Waals surface area contributed by atoms with Crippen LogP contribution in [0.15, 0.2) is 29.1 Å². The maximum Gasteiger partial charge on any atom is 0.331 e. The van der Waals surface area contributed by atoms with Crippen LogP contribution in [-0.4, -0.2) is 25.1 Å². The van der Waals surface area contributed by atoms with E-state index in [1.54, 1.807) is 0 Å². The number of hydrogen-bond acceptors (Lipinski definition) is 4. The maximum atomic E-state index is 13.2. The van der Waals surface area contributed by atoms with E-state index in [0.717, 1.165) is 53.9 Å². The molecule has 1 aromatic rings. The van der Waals surface area contributed by atoms with Crippen LogP contribution in [0.4, 0.5) is 5.82 Å². The smallest absolute Gasteiger partial charge is 0.331 e. The van der Waals surface area contributed by atoms with Gasteiger partial charge in [-0.1, -0.05) is 43.5 Å². The summed E-state index contributed by atoms with van der Waals surface area (Å²) in [5.41, 5.74) is 2.06. The van der Waals surface area contributed by atoms with Gasteiger partial charge in [0.25, 0.3) is 0 Å². The van der Waals surface area contributed by atoms with Gasteiger partial charge in [-0.15, -0.1) is 0 Å². The number of imidazole rings is 1. The van der Waals surface area contributed by atoms with E-state index in [4.69, 9.17) is 21.6 Å². The van der Waals surface area contributed by atoms with Gasteiger partial charge in [0.15, 0.2) is 5.82 Å². The van der Waals surface area contributed by atoms with Crippen LogP contribution >= 0.6 is 11.6 Å². The number of rotatable bonds is 5. The van der Waals surface area contributed by atoms with Crippen LogP contribution in [0.1, 0.15) is 56.3 Å². The predicted molar refractivity (Wildman–Crippen MR) is 115 cm³/mol. The van der Waals surface area contributed by atoms with Crippen molar-refractivity contribution in [3.8, 4) is 11.5 Å². The van der Waals surface area contributed by atoms with Gasteiger partial charge in [0.1, 0.15) is 17.3 Å². The highest BCUT2D eigenvalue weighted by molar-refractivity contribution is 6.30. The lowest BCUT2D eigenvalue weighted by molar-refractivity contribution is 0.560. The molecule has 1 aliphatic carbocycles. The molecule has 0 radical (unpaired) electrons. The number of anilines is 1. The van der Waals surface area contributed by atoms with Crippen molar-refractivity contribution in [1.29, 1.82) is 0 Å². The monoisotopic (exact) mass is 411 g/mol. The van der Waals surface area contributed by atoms with Crippen LogP contribution in [0.25, 0.3) is 11.5 Å². The minimum absolute atomic E-state index is 0.0123. The lowest BCUT2D eigenvalue weighted by Crippen LogP contribution is -2.32. The van der Waals surface area contributed by atoms with Crippen molar-refractivity contribution in [3.05, 3.63) is 51.2 Å². The Morgan fingerprint density at radius 2 is 1.93 bits per heavy atom. The zero-order valence-electron chi connectivity index (χ0n) is 16.7. The Hall–Kier alpha value is -2.34. The van der Waals surface area contributed by atoms with Crippen LogP contribution in [-0.2, 0) is 19.5 Å². The highest BCUT2D eigenvalue weighted by Crippen LogP contribution is 2.37. The van der Waals surface area contributed by atoms with E-state index in [2.05, 4.69) is 12.2 Å². The van der Waals surface area contributed by atoms with Crippen molar-refractivity contribution in [3.63, 3.8) is 0 Å². The van der Waals surface area contributed by atoms with Crippen molar-refractivity contribution < 1.29 is 0 Å². The largest absolute Gasteiger partial charge is 0.365 e. The fraction of sp³-hybridized carbons (Fsp3) is 0.500. The average Bonchev–Trinajstić information content (AvgIpc) is 3.45. The summed E-state index contributed by atoms with van der Waals surface area (Å²) in [6.45, 7) is 3.40. The Morgan fingerprint density at radius 3 is 2.66 bits per heavy atom. The summed E-state index contributed by atoms with van der Waals surface area (Å²) < 4.78 is 3.67. The molecule has 3 aliphatic heterocycles. The Labute approximate surface area is 175 Å². The molecule has 1 aromatic carbocycles. The minimum atomic E-state index is 0.0123. The van der Waals surface area contributed by atoms with Crippen molar-refractivity contribution >= 4 is 17.4 Å². The van der Waals surface area contributed by atoms with Crippen LogP contribution in [0.5, 0.6) is 0 Å². The van der Waals surface area contributed by atoms with Crippen LogP contribution < -0.4 is 11.0 Å². The van der Waals surface area contributed by atoms with E-state index in [0.29, 0.717) is 19.0 Å². The highest BCUT2D eigenvalue weighted by atomic mass is 35.5. The van der Waals surface area contributed by atoms with E-state index >= 15 is 0 Å². The quantitative estimate of drug-likeness (QED) is 0.679. The van der Waals surface area contributed by atoms with E-state index in [9.17, 15) is 4.79 Å². The maximum absolute atomic E-state index is 13.2. The number of nitrogens with one attached hydrogen (secondary N) is 1. The number of nitrogens with zero attached hydrogens (tertiary/aromatic N) is 4. The fourth-order valence-corrected chi connectivity index (χ4v) is 4.87. The molecular formula is C22H26ClN5O. The molecule has 5 rings (SSSR count). The van der Waals surface area contributed by atoms with Gasteiger partial charge in [-0.05, 0) is 43.4 Å². The molecule has 1 unspecified atom stereocenters. The topological polar surface area (TPSA) is 64.7 Å². The average molecular weight is 412 g/mol. The zero-order valence-corrected chi connectivity index (χ0v) is 17.5. The minimum Gasteiger partial charge on any atom is -0.365 e. The second kappa shape index (κ2) is 7.48. The second-order valence-corrected chi connectivity index (χ2v) is 8.74. The molecule has 152 valence electrons. The molecular weight excluding hydrogens is 386 g/mol. The lowest BCUT2D eigenvalue weighted by atomic mass is 10.1. The summed E-state index contributed by atoms with van der Waals surface area (Å²) >= 11 is 6.01. The van der Waals surface area contributed by atoms with Crippen LogP contribution in [0, 0.1) is 0 Å². The molecule has 1 saturated carbocycles. The third-order valence-corrected chi connectivity index (χ3v) is 6.43. The van der Waals surface area contributed by atoms with Crippen molar-refractivity contribution in [2.24, 2.45) is 0 Å². The predicted octanol–water partition coefficient (Wildman–Crippen LogP) is 4.30. The Morgan fingerprint density at radius 1 is 1.17 bits per heavy atom. The Bertz CT molecular complexity index is 1050. The molecule has 29 heavy (non-hydrogen) atoms. The van der Waals surface area contributed by atoms with Gasteiger partial charge in [0, 0.05) is 30.1 Å². The van der Waals surface area contributed by atoms with E-state index in [-0.39, 0.29) is 11.7 Å². The number of hydrogen-bond donors (Lipinski definition) is 1. The van der Waals surface area contributed by atoms with Crippen molar-refractivity contribution in [1.82, 2.24) is 19.1 Å². The summed E-state index contributed by atoms with van der Waals surface area (Å²) in [5, 5.41) is 4.31. The van der Waals surface area contributed by atoms with Crippen molar-refractivity contribution in [2.45, 2.75) is 70.5 Å². The van der Waals surface area contributed by atoms with Gasteiger partial charge >= 0.3 is 5.69 Å².